The van der Waals surface area contributed by atoms with Crippen molar-refractivity contribution in [1.29, 1.82) is 0 Å². The number of aryl methyl sites for hydroxylation is 1. The molecule has 4 nitrogen and oxygen atoms in total. The zero-order valence-corrected chi connectivity index (χ0v) is 17.8. The highest BCUT2D eigenvalue weighted by Crippen LogP contribution is 2.47. The van der Waals surface area contributed by atoms with E-state index in [0.717, 1.165) is 33.1 Å². The van der Waals surface area contributed by atoms with Crippen LogP contribution in [0.2, 0.25) is 0 Å². The number of thiophene rings is 2. The summed E-state index contributed by atoms with van der Waals surface area (Å²) in [5, 5.41) is 5.44. The first-order valence-corrected chi connectivity index (χ1v) is 11.2. The summed E-state index contributed by atoms with van der Waals surface area (Å²) in [6, 6.07) is 8.21. The fourth-order valence-corrected chi connectivity index (χ4v) is 5.96. The van der Waals surface area contributed by atoms with Crippen LogP contribution in [-0.2, 0) is 14.3 Å². The minimum atomic E-state index is -0.344. The number of carbonyl (C=O) groups is 2. The molecule has 28 heavy (non-hydrogen) atoms. The molecule has 0 bridgehead atoms. The van der Waals surface area contributed by atoms with Crippen molar-refractivity contribution >= 4 is 34.4 Å². The van der Waals surface area contributed by atoms with Gasteiger partial charge in [0.25, 0.3) is 0 Å². The highest BCUT2D eigenvalue weighted by molar-refractivity contribution is 7.12. The predicted octanol–water partition coefficient (Wildman–Crippen LogP) is 5.04. The molecule has 2 aromatic heterocycles. The molecule has 0 radical (unpaired) electrons. The fraction of sp³-hybridized carbons (Fsp3) is 0.364. The minimum absolute atomic E-state index is 0.123. The van der Waals surface area contributed by atoms with Crippen LogP contribution in [0.15, 0.2) is 52.2 Å². The van der Waals surface area contributed by atoms with Crippen LogP contribution in [0.25, 0.3) is 0 Å². The maximum absolute atomic E-state index is 13.3. The average Bonchev–Trinajstić information content (AvgIpc) is 3.32. The molecule has 0 spiro atoms. The van der Waals surface area contributed by atoms with Crippen LogP contribution in [0.3, 0.4) is 0 Å². The Morgan fingerprint density at radius 1 is 1.21 bits per heavy atom. The van der Waals surface area contributed by atoms with E-state index in [-0.39, 0.29) is 23.6 Å². The van der Waals surface area contributed by atoms with Gasteiger partial charge in [0.05, 0.1) is 18.1 Å². The lowest BCUT2D eigenvalue weighted by atomic mass is 9.74. The normalized spacial score (nSPS) is 22.2. The Labute approximate surface area is 172 Å². The lowest BCUT2D eigenvalue weighted by Crippen LogP contribution is -2.35. The number of allylic oxidation sites excluding steroid dienone is 3. The van der Waals surface area contributed by atoms with Crippen molar-refractivity contribution in [2.75, 3.05) is 6.61 Å². The minimum Gasteiger partial charge on any atom is -0.463 e. The smallest absolute Gasteiger partial charge is 0.336 e. The number of esters is 1. The van der Waals surface area contributed by atoms with Gasteiger partial charge in [-0.05, 0) is 50.8 Å². The summed E-state index contributed by atoms with van der Waals surface area (Å²) in [6.07, 6.45) is 1.27. The Balaban J connectivity index is 1.80. The summed E-state index contributed by atoms with van der Waals surface area (Å²) in [5.41, 5.74) is 3.04. The summed E-state index contributed by atoms with van der Waals surface area (Å²) in [7, 11) is 0. The quantitative estimate of drug-likeness (QED) is 0.713. The Bertz CT molecular complexity index is 981. The highest BCUT2D eigenvalue weighted by Gasteiger charge is 2.42. The van der Waals surface area contributed by atoms with Crippen molar-refractivity contribution in [3.05, 3.63) is 66.8 Å². The van der Waals surface area contributed by atoms with Crippen LogP contribution in [0.1, 0.15) is 53.2 Å². The van der Waals surface area contributed by atoms with Crippen LogP contribution >= 0.6 is 22.7 Å². The maximum Gasteiger partial charge on any atom is 0.336 e. The van der Waals surface area contributed by atoms with Gasteiger partial charge < -0.3 is 10.1 Å². The molecule has 146 valence electrons. The molecule has 0 saturated heterocycles. The third-order valence-electron chi connectivity index (χ3n) is 5.31. The highest BCUT2D eigenvalue weighted by atomic mass is 32.1. The number of nitrogens with one attached hydrogen (secondary N) is 1. The van der Waals surface area contributed by atoms with E-state index in [9.17, 15) is 9.59 Å². The average molecular weight is 414 g/mol. The Morgan fingerprint density at radius 3 is 2.68 bits per heavy atom. The van der Waals surface area contributed by atoms with Gasteiger partial charge in [-0.15, -0.1) is 22.7 Å². The standard InChI is InChI=1S/C22H23NO3S2/c1-4-26-22(25)19-13(3)23-15-10-14(17-6-5-9-27-17)11-16(24)20(15)21(19)18-8-7-12(2)28-18/h5-9,14,21,23H,4,10-11H2,1-3H3/t14-,21+/m0/s1. The Hall–Kier alpha value is -2.18. The van der Waals surface area contributed by atoms with Gasteiger partial charge in [0.1, 0.15) is 0 Å². The van der Waals surface area contributed by atoms with Crippen LogP contribution in [0, 0.1) is 6.92 Å². The molecular formula is C22H23NO3S2. The van der Waals surface area contributed by atoms with E-state index in [2.05, 4.69) is 16.8 Å². The largest absolute Gasteiger partial charge is 0.463 e. The predicted molar refractivity (Wildman–Crippen MR) is 113 cm³/mol. The number of hydrogen-bond donors (Lipinski definition) is 1. The molecule has 2 atom stereocenters. The van der Waals surface area contributed by atoms with E-state index in [1.165, 1.54) is 4.88 Å². The molecule has 2 aromatic rings. The number of rotatable bonds is 4. The molecular weight excluding hydrogens is 390 g/mol. The molecule has 0 unspecified atom stereocenters. The van der Waals surface area contributed by atoms with Crippen LogP contribution in [0.4, 0.5) is 0 Å². The summed E-state index contributed by atoms with van der Waals surface area (Å²) in [4.78, 5) is 29.5. The van der Waals surface area contributed by atoms with Crippen molar-refractivity contribution < 1.29 is 14.3 Å². The third kappa shape index (κ3) is 3.35. The monoisotopic (exact) mass is 413 g/mol. The first kappa shape index (κ1) is 19.2. The maximum atomic E-state index is 13.3. The van der Waals surface area contributed by atoms with Gasteiger partial charge in [0, 0.05) is 43.9 Å². The van der Waals surface area contributed by atoms with E-state index >= 15 is 0 Å². The van der Waals surface area contributed by atoms with Crippen LogP contribution in [0.5, 0.6) is 0 Å². The van der Waals surface area contributed by atoms with Gasteiger partial charge in [-0.1, -0.05) is 6.07 Å². The van der Waals surface area contributed by atoms with Crippen molar-refractivity contribution in [2.45, 2.75) is 45.4 Å². The van der Waals surface area contributed by atoms with Gasteiger partial charge >= 0.3 is 5.97 Å². The van der Waals surface area contributed by atoms with Crippen LogP contribution < -0.4 is 5.32 Å². The van der Waals surface area contributed by atoms with Gasteiger partial charge in [0.2, 0.25) is 0 Å². The molecule has 0 amide bonds. The number of ketones is 1. The van der Waals surface area contributed by atoms with Gasteiger partial charge in [-0.2, -0.15) is 0 Å². The lowest BCUT2D eigenvalue weighted by Gasteiger charge is -2.35. The number of ether oxygens (including phenoxy) is 1. The van der Waals surface area contributed by atoms with E-state index < -0.39 is 0 Å². The summed E-state index contributed by atoms with van der Waals surface area (Å²) < 4.78 is 5.34. The zero-order valence-electron chi connectivity index (χ0n) is 16.2. The Kier molecular flexibility index (Phi) is 5.25. The van der Waals surface area contributed by atoms with E-state index in [4.69, 9.17) is 4.74 Å². The van der Waals surface area contributed by atoms with Gasteiger partial charge in [0.15, 0.2) is 5.78 Å². The molecule has 1 aliphatic heterocycles. The zero-order chi connectivity index (χ0) is 19.8. The molecule has 4 rings (SSSR count). The van der Waals surface area contributed by atoms with Gasteiger partial charge in [-0.3, -0.25) is 4.79 Å². The Morgan fingerprint density at radius 2 is 2.04 bits per heavy atom. The second-order valence-electron chi connectivity index (χ2n) is 7.20. The van der Waals surface area contributed by atoms with Crippen molar-refractivity contribution in [3.63, 3.8) is 0 Å². The van der Waals surface area contributed by atoms with E-state index in [1.54, 1.807) is 29.6 Å². The number of hydrogen-bond acceptors (Lipinski definition) is 6. The summed E-state index contributed by atoms with van der Waals surface area (Å²) in [5.74, 6) is -0.368. The van der Waals surface area contributed by atoms with Crippen molar-refractivity contribution in [3.8, 4) is 0 Å². The second-order valence-corrected chi connectivity index (χ2v) is 9.50. The molecule has 1 N–H and O–H groups in total. The first-order chi connectivity index (χ1) is 13.5. The van der Waals surface area contributed by atoms with E-state index in [1.807, 2.05) is 32.0 Å². The second kappa shape index (κ2) is 7.68. The first-order valence-electron chi connectivity index (χ1n) is 9.50. The molecule has 1 aliphatic carbocycles. The topological polar surface area (TPSA) is 55.4 Å². The fourth-order valence-electron chi connectivity index (χ4n) is 4.14. The number of dihydropyridines is 1. The van der Waals surface area contributed by atoms with Gasteiger partial charge in [-0.25, -0.2) is 4.79 Å². The van der Waals surface area contributed by atoms with Crippen molar-refractivity contribution in [2.24, 2.45) is 0 Å². The summed E-state index contributed by atoms with van der Waals surface area (Å²) >= 11 is 3.34. The molecule has 3 heterocycles. The lowest BCUT2D eigenvalue weighted by molar-refractivity contribution is -0.138. The molecule has 0 aromatic carbocycles. The number of carbonyl (C=O) groups excluding carboxylic acids is 2. The third-order valence-corrected chi connectivity index (χ3v) is 7.41. The molecule has 0 saturated carbocycles. The van der Waals surface area contributed by atoms with Crippen LogP contribution in [-0.4, -0.2) is 18.4 Å². The molecule has 2 aliphatic rings. The van der Waals surface area contributed by atoms with E-state index in [0.29, 0.717) is 18.6 Å². The SMILES string of the molecule is CCOC(=O)C1=C(C)NC2=C(C(=O)C[C@@H](c3cccs3)C2)[C@@H]1c1ccc(C)s1. The number of Topliss-reactive ketones (excluding diaryl/α,β-unsaturated/α-hetero) is 1. The van der Waals surface area contributed by atoms with Crippen molar-refractivity contribution in [1.82, 2.24) is 5.32 Å². The summed E-state index contributed by atoms with van der Waals surface area (Å²) in [6.45, 7) is 6.06. The molecule has 6 heteroatoms. The molecule has 0 fully saturated rings.